The molecule has 0 unspecified atom stereocenters. The highest BCUT2D eigenvalue weighted by atomic mass is 16.5. The van der Waals surface area contributed by atoms with Crippen LogP contribution >= 0.6 is 0 Å². The molecule has 0 saturated carbocycles. The van der Waals surface area contributed by atoms with Gasteiger partial charge in [0.25, 0.3) is 0 Å². The summed E-state index contributed by atoms with van der Waals surface area (Å²) >= 11 is 0. The largest absolute Gasteiger partial charge is 0.497 e. The van der Waals surface area contributed by atoms with Gasteiger partial charge in [-0.2, -0.15) is 0 Å². The number of aromatic nitrogens is 1. The number of benzene rings is 2. The van der Waals surface area contributed by atoms with Crippen molar-refractivity contribution in [2.45, 2.75) is 0 Å². The zero-order valence-electron chi connectivity index (χ0n) is 17.2. The minimum absolute atomic E-state index is 0.134. The normalized spacial score (nSPS) is 10.6. The minimum Gasteiger partial charge on any atom is -0.497 e. The fraction of sp³-hybridized carbons (Fsp3) is 0.286. The summed E-state index contributed by atoms with van der Waals surface area (Å²) in [6.07, 6.45) is 0. The Bertz CT molecular complexity index is 1080. The van der Waals surface area contributed by atoms with E-state index < -0.39 is 0 Å². The molecule has 29 heavy (non-hydrogen) atoms. The molecule has 0 radical (unpaired) electrons. The van der Waals surface area contributed by atoms with Gasteiger partial charge in [-0.25, -0.2) is 0 Å². The van der Waals surface area contributed by atoms with Crippen LogP contribution < -0.4 is 33.8 Å². The zero-order valence-corrected chi connectivity index (χ0v) is 17.2. The Labute approximate surface area is 167 Å². The third kappa shape index (κ3) is 3.37. The smallest absolute Gasteiger partial charge is 0.235 e. The Balaban J connectivity index is 2.40. The fourth-order valence-electron chi connectivity index (χ4n) is 3.24. The van der Waals surface area contributed by atoms with E-state index in [9.17, 15) is 4.79 Å². The molecule has 1 aromatic heterocycles. The molecule has 8 nitrogen and oxygen atoms in total. The van der Waals surface area contributed by atoms with Gasteiger partial charge in [0.15, 0.2) is 17.2 Å². The Morgan fingerprint density at radius 2 is 1.24 bits per heavy atom. The molecule has 0 atom stereocenters. The van der Waals surface area contributed by atoms with Gasteiger partial charge in [-0.1, -0.05) is 0 Å². The predicted octanol–water partition coefficient (Wildman–Crippen LogP) is 3.25. The number of methoxy groups -OCH3 is 6. The number of rotatable bonds is 7. The van der Waals surface area contributed by atoms with Gasteiger partial charge in [-0.15, -0.1) is 0 Å². The highest BCUT2D eigenvalue weighted by molar-refractivity contribution is 5.91. The second kappa shape index (κ2) is 8.22. The van der Waals surface area contributed by atoms with Gasteiger partial charge < -0.3 is 33.4 Å². The lowest BCUT2D eigenvalue weighted by atomic mass is 10.1. The molecular weight excluding hydrogens is 378 g/mol. The summed E-state index contributed by atoms with van der Waals surface area (Å²) in [4.78, 5) is 16.5. The van der Waals surface area contributed by atoms with Gasteiger partial charge >= 0.3 is 0 Å². The Morgan fingerprint density at radius 3 is 1.72 bits per heavy atom. The first-order chi connectivity index (χ1) is 14.0. The van der Waals surface area contributed by atoms with E-state index in [1.807, 2.05) is 0 Å². The highest BCUT2D eigenvalue weighted by Crippen LogP contribution is 2.43. The third-order valence-corrected chi connectivity index (χ3v) is 4.61. The topological polar surface area (TPSA) is 88.2 Å². The highest BCUT2D eigenvalue weighted by Gasteiger charge is 2.21. The predicted molar refractivity (Wildman–Crippen MR) is 109 cm³/mol. The van der Waals surface area contributed by atoms with E-state index in [4.69, 9.17) is 28.4 Å². The van der Waals surface area contributed by atoms with Crippen molar-refractivity contribution in [2.24, 2.45) is 0 Å². The van der Waals surface area contributed by atoms with Gasteiger partial charge in [0, 0.05) is 17.7 Å². The standard InChI is InChI=1S/C21H23NO7/c1-24-12-9-13-17(14(10-12)25-2)19(23)21(29-6)18(22-13)11-7-15(26-3)20(28-5)16(8-11)27-4/h7-10H,1-6H3,(H,22,23). The number of hydrogen-bond acceptors (Lipinski definition) is 7. The Morgan fingerprint density at radius 1 is 0.655 bits per heavy atom. The number of fused-ring (bicyclic) bond motifs is 1. The lowest BCUT2D eigenvalue weighted by Gasteiger charge is -2.17. The maximum Gasteiger partial charge on any atom is 0.235 e. The molecule has 2 aromatic carbocycles. The van der Waals surface area contributed by atoms with E-state index >= 15 is 0 Å². The molecule has 3 rings (SSSR count). The summed E-state index contributed by atoms with van der Waals surface area (Å²) < 4.78 is 32.4. The monoisotopic (exact) mass is 401 g/mol. The summed E-state index contributed by atoms with van der Waals surface area (Å²) in [6.45, 7) is 0. The Kier molecular flexibility index (Phi) is 5.72. The van der Waals surface area contributed by atoms with E-state index in [-0.39, 0.29) is 11.2 Å². The van der Waals surface area contributed by atoms with Crippen LogP contribution in [0.25, 0.3) is 22.2 Å². The van der Waals surface area contributed by atoms with Crippen LogP contribution in [0.5, 0.6) is 34.5 Å². The number of ether oxygens (including phenoxy) is 6. The summed E-state index contributed by atoms with van der Waals surface area (Å²) in [6, 6.07) is 6.84. The van der Waals surface area contributed by atoms with Crippen molar-refractivity contribution < 1.29 is 28.4 Å². The lowest BCUT2D eigenvalue weighted by Crippen LogP contribution is -2.11. The van der Waals surface area contributed by atoms with E-state index in [0.29, 0.717) is 50.9 Å². The second-order valence-electron chi connectivity index (χ2n) is 6.03. The number of pyridine rings is 1. The van der Waals surface area contributed by atoms with E-state index in [1.165, 1.54) is 35.5 Å². The molecule has 3 aromatic rings. The van der Waals surface area contributed by atoms with Crippen LogP contribution in [-0.2, 0) is 0 Å². The van der Waals surface area contributed by atoms with Crippen LogP contribution in [0.3, 0.4) is 0 Å². The number of hydrogen-bond donors (Lipinski definition) is 1. The molecule has 0 saturated heterocycles. The van der Waals surface area contributed by atoms with Crippen molar-refractivity contribution >= 4 is 10.9 Å². The molecule has 0 aliphatic rings. The molecule has 8 heteroatoms. The quantitative estimate of drug-likeness (QED) is 0.650. The van der Waals surface area contributed by atoms with Gasteiger partial charge in [0.1, 0.15) is 11.5 Å². The summed E-state index contributed by atoms with van der Waals surface area (Å²) in [5, 5.41) is 0.362. The van der Waals surface area contributed by atoms with Gasteiger partial charge in [0.2, 0.25) is 11.2 Å². The van der Waals surface area contributed by atoms with Crippen molar-refractivity contribution in [3.8, 4) is 45.8 Å². The van der Waals surface area contributed by atoms with Crippen LogP contribution in [0.15, 0.2) is 29.1 Å². The first-order valence-electron chi connectivity index (χ1n) is 8.69. The fourth-order valence-corrected chi connectivity index (χ4v) is 3.24. The summed E-state index contributed by atoms with van der Waals surface area (Å²) in [7, 11) is 9.05. The van der Waals surface area contributed by atoms with Gasteiger partial charge in [0.05, 0.1) is 59.3 Å². The number of aromatic amines is 1. The summed E-state index contributed by atoms with van der Waals surface area (Å²) in [5.74, 6) is 2.42. The Hall–Kier alpha value is -3.55. The first kappa shape index (κ1) is 20.2. The maximum absolute atomic E-state index is 13.2. The molecule has 0 aliphatic carbocycles. The van der Waals surface area contributed by atoms with E-state index in [0.717, 1.165) is 0 Å². The zero-order chi connectivity index (χ0) is 21.1. The van der Waals surface area contributed by atoms with Crippen LogP contribution in [0.4, 0.5) is 0 Å². The second-order valence-corrected chi connectivity index (χ2v) is 6.03. The molecule has 0 bridgehead atoms. The van der Waals surface area contributed by atoms with Crippen molar-refractivity contribution in [1.29, 1.82) is 0 Å². The van der Waals surface area contributed by atoms with Crippen molar-refractivity contribution in [3.05, 3.63) is 34.5 Å². The molecule has 0 fully saturated rings. The average molecular weight is 401 g/mol. The van der Waals surface area contributed by atoms with E-state index in [1.54, 1.807) is 31.4 Å². The van der Waals surface area contributed by atoms with Crippen molar-refractivity contribution in [3.63, 3.8) is 0 Å². The molecule has 1 heterocycles. The van der Waals surface area contributed by atoms with Crippen LogP contribution in [0.2, 0.25) is 0 Å². The van der Waals surface area contributed by atoms with Crippen LogP contribution in [0.1, 0.15) is 0 Å². The average Bonchev–Trinajstić information content (AvgIpc) is 2.76. The van der Waals surface area contributed by atoms with Gasteiger partial charge in [-0.3, -0.25) is 4.79 Å². The molecule has 0 amide bonds. The first-order valence-corrected chi connectivity index (χ1v) is 8.69. The van der Waals surface area contributed by atoms with Crippen molar-refractivity contribution in [2.75, 3.05) is 42.7 Å². The van der Waals surface area contributed by atoms with Crippen LogP contribution in [-0.4, -0.2) is 47.6 Å². The third-order valence-electron chi connectivity index (χ3n) is 4.61. The van der Waals surface area contributed by atoms with E-state index in [2.05, 4.69) is 4.98 Å². The minimum atomic E-state index is -0.315. The molecule has 0 spiro atoms. The SMILES string of the molecule is COc1cc(OC)c2c(=O)c(OC)c(-c3cc(OC)c(OC)c(OC)c3)[nH]c2c1. The van der Waals surface area contributed by atoms with Crippen LogP contribution in [0, 0.1) is 0 Å². The molecule has 0 aliphatic heterocycles. The number of nitrogens with one attached hydrogen (secondary N) is 1. The lowest BCUT2D eigenvalue weighted by molar-refractivity contribution is 0.324. The van der Waals surface area contributed by atoms with Gasteiger partial charge in [-0.05, 0) is 12.1 Å². The molecule has 1 N–H and O–H groups in total. The molecule has 154 valence electrons. The van der Waals surface area contributed by atoms with Crippen molar-refractivity contribution in [1.82, 2.24) is 4.98 Å². The maximum atomic E-state index is 13.2. The summed E-state index contributed by atoms with van der Waals surface area (Å²) in [5.41, 5.74) is 1.30. The number of H-pyrrole nitrogens is 1. The molecular formula is C21H23NO7.